The number of hydrogen-bond donors (Lipinski definition) is 0. The Bertz CT molecular complexity index is 466. The second kappa shape index (κ2) is 6.91. The fraction of sp³-hybridized carbons (Fsp3) is 0.833. The first-order valence-corrected chi connectivity index (χ1v) is 9.29. The summed E-state index contributed by atoms with van der Waals surface area (Å²) in [5, 5.41) is 4.34. The predicted octanol–water partition coefficient (Wildman–Crippen LogP) is 2.53. The lowest BCUT2D eigenvalue weighted by Gasteiger charge is -2.39. The van der Waals surface area contributed by atoms with Crippen molar-refractivity contribution in [1.29, 1.82) is 0 Å². The number of hydrogen-bond acceptors (Lipinski definition) is 4. The van der Waals surface area contributed by atoms with Gasteiger partial charge in [-0.25, -0.2) is 0 Å². The Morgan fingerprint density at radius 1 is 0.957 bits per heavy atom. The molecule has 0 radical (unpaired) electrons. The first kappa shape index (κ1) is 15.6. The summed E-state index contributed by atoms with van der Waals surface area (Å²) < 4.78 is 13.8. The molecule has 3 aliphatic rings. The number of likely N-dealkylation sites (tertiary alicyclic amines) is 1. The number of piperidine rings is 1. The summed E-state index contributed by atoms with van der Waals surface area (Å²) in [6.07, 6.45) is 11.3. The molecule has 0 unspecified atom stereocenters. The van der Waals surface area contributed by atoms with E-state index in [2.05, 4.69) is 20.9 Å². The normalized spacial score (nSPS) is 27.0. The molecule has 1 spiro atoms. The number of aromatic nitrogens is 2. The van der Waals surface area contributed by atoms with Crippen molar-refractivity contribution in [3.8, 4) is 0 Å². The highest BCUT2D eigenvalue weighted by Crippen LogP contribution is 2.38. The second-order valence-corrected chi connectivity index (χ2v) is 7.52. The van der Waals surface area contributed by atoms with Crippen molar-refractivity contribution in [2.24, 2.45) is 11.8 Å². The summed E-state index contributed by atoms with van der Waals surface area (Å²) >= 11 is 0. The lowest BCUT2D eigenvalue weighted by Crippen LogP contribution is -2.41. The standard InChI is InChI=1S/C18H29N3O2/c1-8-19-21(9-1)15-17-4-10-20(11-5-17)14-16-2-6-18(7-3-16)22-12-13-23-18/h1,8-9,16-17H,2-7,10-15H2. The molecule has 0 atom stereocenters. The molecule has 2 saturated heterocycles. The number of rotatable bonds is 4. The van der Waals surface area contributed by atoms with E-state index in [1.54, 1.807) is 0 Å². The van der Waals surface area contributed by atoms with Crippen molar-refractivity contribution >= 4 is 0 Å². The predicted molar refractivity (Wildman–Crippen MR) is 88.0 cm³/mol. The van der Waals surface area contributed by atoms with Crippen molar-refractivity contribution in [3.05, 3.63) is 18.5 Å². The zero-order valence-electron chi connectivity index (χ0n) is 14.0. The summed E-state index contributed by atoms with van der Waals surface area (Å²) in [4.78, 5) is 2.68. The summed E-state index contributed by atoms with van der Waals surface area (Å²) in [5.74, 6) is 1.42. The van der Waals surface area contributed by atoms with Crippen molar-refractivity contribution in [2.75, 3.05) is 32.8 Å². The summed E-state index contributed by atoms with van der Waals surface area (Å²) in [7, 11) is 0. The number of nitrogens with zero attached hydrogens (tertiary/aromatic N) is 3. The third kappa shape index (κ3) is 3.78. The fourth-order valence-corrected chi connectivity index (χ4v) is 4.48. The molecule has 0 aromatic carbocycles. The van der Waals surface area contributed by atoms with Crippen LogP contribution in [0.3, 0.4) is 0 Å². The van der Waals surface area contributed by atoms with E-state index in [1.165, 1.54) is 45.3 Å². The first-order valence-electron chi connectivity index (χ1n) is 9.29. The zero-order chi connectivity index (χ0) is 15.5. The third-order valence-electron chi connectivity index (χ3n) is 5.91. The van der Waals surface area contributed by atoms with Gasteiger partial charge < -0.3 is 14.4 Å². The van der Waals surface area contributed by atoms with Gasteiger partial charge in [-0.1, -0.05) is 0 Å². The van der Waals surface area contributed by atoms with E-state index < -0.39 is 0 Å². The Hall–Kier alpha value is -0.910. The van der Waals surface area contributed by atoms with Crippen LogP contribution in [0.2, 0.25) is 0 Å². The van der Waals surface area contributed by atoms with Crippen LogP contribution in [0.5, 0.6) is 0 Å². The van der Waals surface area contributed by atoms with Crippen LogP contribution < -0.4 is 0 Å². The van der Waals surface area contributed by atoms with Crippen LogP contribution in [0, 0.1) is 11.8 Å². The van der Waals surface area contributed by atoms with Gasteiger partial charge in [0.2, 0.25) is 0 Å². The largest absolute Gasteiger partial charge is 0.348 e. The minimum absolute atomic E-state index is 0.201. The second-order valence-electron chi connectivity index (χ2n) is 7.52. The molecule has 0 N–H and O–H groups in total. The summed E-state index contributed by atoms with van der Waals surface area (Å²) in [6.45, 7) is 6.43. The van der Waals surface area contributed by atoms with E-state index in [4.69, 9.17) is 9.47 Å². The van der Waals surface area contributed by atoms with Gasteiger partial charge in [-0.2, -0.15) is 5.10 Å². The van der Waals surface area contributed by atoms with Crippen LogP contribution >= 0.6 is 0 Å². The molecule has 1 aromatic rings. The average molecular weight is 319 g/mol. The van der Waals surface area contributed by atoms with Gasteiger partial charge in [0.15, 0.2) is 5.79 Å². The van der Waals surface area contributed by atoms with Crippen LogP contribution in [0.4, 0.5) is 0 Å². The van der Waals surface area contributed by atoms with Crippen molar-refractivity contribution in [1.82, 2.24) is 14.7 Å². The Morgan fingerprint density at radius 3 is 2.30 bits per heavy atom. The minimum Gasteiger partial charge on any atom is -0.348 e. The lowest BCUT2D eigenvalue weighted by atomic mass is 9.84. The Kier molecular flexibility index (Phi) is 4.69. The van der Waals surface area contributed by atoms with Gasteiger partial charge in [0, 0.05) is 38.3 Å². The van der Waals surface area contributed by atoms with Gasteiger partial charge in [0.25, 0.3) is 0 Å². The maximum atomic E-state index is 5.84. The molecule has 1 saturated carbocycles. The molecule has 1 aromatic heterocycles. The third-order valence-corrected chi connectivity index (χ3v) is 5.91. The monoisotopic (exact) mass is 319 g/mol. The van der Waals surface area contributed by atoms with Crippen LogP contribution in [0.15, 0.2) is 18.5 Å². The van der Waals surface area contributed by atoms with Crippen LogP contribution in [-0.2, 0) is 16.0 Å². The maximum Gasteiger partial charge on any atom is 0.168 e. The smallest absolute Gasteiger partial charge is 0.168 e. The minimum atomic E-state index is -0.201. The molecule has 5 nitrogen and oxygen atoms in total. The highest BCUT2D eigenvalue weighted by molar-refractivity contribution is 4.85. The first-order chi connectivity index (χ1) is 11.3. The maximum absolute atomic E-state index is 5.84. The van der Waals surface area contributed by atoms with Gasteiger partial charge in [-0.15, -0.1) is 0 Å². The van der Waals surface area contributed by atoms with E-state index >= 15 is 0 Å². The zero-order valence-corrected chi connectivity index (χ0v) is 14.0. The van der Waals surface area contributed by atoms with E-state index in [0.29, 0.717) is 0 Å². The van der Waals surface area contributed by atoms with Gasteiger partial charge in [-0.05, 0) is 56.7 Å². The molecule has 4 rings (SSSR count). The van der Waals surface area contributed by atoms with Crippen LogP contribution in [-0.4, -0.2) is 53.3 Å². The molecule has 5 heteroatoms. The molecule has 128 valence electrons. The van der Waals surface area contributed by atoms with Crippen molar-refractivity contribution in [3.63, 3.8) is 0 Å². The molecular formula is C18H29N3O2. The highest BCUT2D eigenvalue weighted by Gasteiger charge is 2.40. The average Bonchev–Trinajstić information content (AvgIpc) is 3.24. The van der Waals surface area contributed by atoms with Gasteiger partial charge in [-0.3, -0.25) is 4.68 Å². The van der Waals surface area contributed by atoms with Crippen LogP contribution in [0.1, 0.15) is 38.5 Å². The molecule has 0 amide bonds. The Morgan fingerprint density at radius 2 is 1.65 bits per heavy atom. The quantitative estimate of drug-likeness (QED) is 0.855. The summed E-state index contributed by atoms with van der Waals surface area (Å²) in [5.41, 5.74) is 0. The van der Waals surface area contributed by atoms with Gasteiger partial charge in [0.05, 0.1) is 13.2 Å². The SMILES string of the molecule is c1cnn(CC2CCN(CC3CCC4(CC3)OCCO4)CC2)c1. The van der Waals surface area contributed by atoms with E-state index in [1.807, 2.05) is 12.3 Å². The number of ether oxygens (including phenoxy) is 2. The molecule has 2 aliphatic heterocycles. The Balaban J connectivity index is 1.18. The van der Waals surface area contributed by atoms with Gasteiger partial charge >= 0.3 is 0 Å². The van der Waals surface area contributed by atoms with Crippen molar-refractivity contribution in [2.45, 2.75) is 50.9 Å². The van der Waals surface area contributed by atoms with E-state index in [9.17, 15) is 0 Å². The molecule has 1 aliphatic carbocycles. The molecule has 23 heavy (non-hydrogen) atoms. The van der Waals surface area contributed by atoms with Gasteiger partial charge in [0.1, 0.15) is 0 Å². The van der Waals surface area contributed by atoms with Crippen molar-refractivity contribution < 1.29 is 9.47 Å². The fourth-order valence-electron chi connectivity index (χ4n) is 4.48. The molecule has 0 bridgehead atoms. The molecule has 3 heterocycles. The summed E-state index contributed by atoms with van der Waals surface area (Å²) in [6, 6.07) is 2.02. The highest BCUT2D eigenvalue weighted by atomic mass is 16.7. The van der Waals surface area contributed by atoms with E-state index in [-0.39, 0.29) is 5.79 Å². The molecule has 3 fully saturated rings. The van der Waals surface area contributed by atoms with E-state index in [0.717, 1.165) is 44.4 Å². The lowest BCUT2D eigenvalue weighted by molar-refractivity contribution is -0.183. The van der Waals surface area contributed by atoms with Crippen LogP contribution in [0.25, 0.3) is 0 Å². The Labute approximate surface area is 138 Å². The topological polar surface area (TPSA) is 39.5 Å². The molecular weight excluding hydrogens is 290 g/mol.